The van der Waals surface area contributed by atoms with E-state index >= 15 is 0 Å². The maximum atomic E-state index is 5.11. The van der Waals surface area contributed by atoms with Crippen molar-refractivity contribution < 1.29 is 4.74 Å². The summed E-state index contributed by atoms with van der Waals surface area (Å²) in [7, 11) is 3.83. The van der Waals surface area contributed by atoms with Gasteiger partial charge in [-0.25, -0.2) is 0 Å². The molecule has 0 saturated heterocycles. The van der Waals surface area contributed by atoms with Crippen LogP contribution in [0, 0.1) is 0 Å². The summed E-state index contributed by atoms with van der Waals surface area (Å²) in [4.78, 5) is 2.19. The zero-order valence-corrected chi connectivity index (χ0v) is 10.3. The van der Waals surface area contributed by atoms with Gasteiger partial charge < -0.3 is 4.74 Å². The minimum atomic E-state index is 0.692. The van der Waals surface area contributed by atoms with Gasteiger partial charge in [-0.1, -0.05) is 18.2 Å². The molecule has 0 spiro atoms. The van der Waals surface area contributed by atoms with E-state index in [4.69, 9.17) is 4.74 Å². The second kappa shape index (κ2) is 5.46. The van der Waals surface area contributed by atoms with E-state index in [-0.39, 0.29) is 0 Å². The molecule has 1 aliphatic carbocycles. The summed E-state index contributed by atoms with van der Waals surface area (Å²) in [6.45, 7) is 1.66. The molecule has 0 saturated carbocycles. The monoisotopic (exact) mass is 219 g/mol. The predicted octanol–water partition coefficient (Wildman–Crippen LogP) is 2.60. The van der Waals surface area contributed by atoms with Gasteiger partial charge in [0.05, 0.1) is 6.73 Å². The Bertz CT molecular complexity index is 349. The lowest BCUT2D eigenvalue weighted by Gasteiger charge is -2.19. The smallest absolute Gasteiger partial charge is 0.0986 e. The molecule has 0 amide bonds. The van der Waals surface area contributed by atoms with Crippen molar-refractivity contribution in [3.05, 3.63) is 34.9 Å². The third kappa shape index (κ3) is 2.83. The standard InChI is InChI=1S/C14H21NO/c1-15(11-16-2)10-12-7-8-13-5-3-4-6-14(13)9-12/h7-9H,3-6,10-11H2,1-2H3. The van der Waals surface area contributed by atoms with Crippen molar-refractivity contribution in [1.29, 1.82) is 0 Å². The molecule has 2 rings (SSSR count). The summed E-state index contributed by atoms with van der Waals surface area (Å²) in [6, 6.07) is 6.95. The molecule has 1 aliphatic rings. The second-order valence-corrected chi connectivity index (χ2v) is 4.74. The van der Waals surface area contributed by atoms with E-state index < -0.39 is 0 Å². The van der Waals surface area contributed by atoms with E-state index in [1.165, 1.54) is 31.2 Å². The van der Waals surface area contributed by atoms with Crippen LogP contribution in [0.4, 0.5) is 0 Å². The fraction of sp³-hybridized carbons (Fsp3) is 0.571. The second-order valence-electron chi connectivity index (χ2n) is 4.74. The first-order valence-electron chi connectivity index (χ1n) is 6.08. The summed E-state index contributed by atoms with van der Waals surface area (Å²) < 4.78 is 5.11. The van der Waals surface area contributed by atoms with E-state index in [0.717, 1.165) is 6.54 Å². The molecule has 0 radical (unpaired) electrons. The van der Waals surface area contributed by atoms with Crippen LogP contribution in [0.2, 0.25) is 0 Å². The van der Waals surface area contributed by atoms with Crippen LogP contribution in [0.5, 0.6) is 0 Å². The van der Waals surface area contributed by atoms with Crippen LogP contribution >= 0.6 is 0 Å². The topological polar surface area (TPSA) is 12.5 Å². The molecule has 2 nitrogen and oxygen atoms in total. The number of rotatable bonds is 4. The molecule has 0 aliphatic heterocycles. The van der Waals surface area contributed by atoms with E-state index in [9.17, 15) is 0 Å². The van der Waals surface area contributed by atoms with Gasteiger partial charge in [-0.2, -0.15) is 0 Å². The van der Waals surface area contributed by atoms with Gasteiger partial charge in [0.2, 0.25) is 0 Å². The first-order valence-corrected chi connectivity index (χ1v) is 6.08. The van der Waals surface area contributed by atoms with Crippen molar-refractivity contribution in [2.45, 2.75) is 32.2 Å². The Kier molecular flexibility index (Phi) is 3.97. The minimum Gasteiger partial charge on any atom is -0.369 e. The molecule has 0 unspecified atom stereocenters. The van der Waals surface area contributed by atoms with E-state index in [2.05, 4.69) is 30.1 Å². The molecular weight excluding hydrogens is 198 g/mol. The predicted molar refractivity (Wildman–Crippen MR) is 66.4 cm³/mol. The zero-order chi connectivity index (χ0) is 11.4. The van der Waals surface area contributed by atoms with Gasteiger partial charge >= 0.3 is 0 Å². The summed E-state index contributed by atoms with van der Waals surface area (Å²) in [5.41, 5.74) is 4.53. The Morgan fingerprint density at radius 2 is 1.94 bits per heavy atom. The van der Waals surface area contributed by atoms with Crippen molar-refractivity contribution in [3.63, 3.8) is 0 Å². The number of ether oxygens (including phenoxy) is 1. The Morgan fingerprint density at radius 1 is 1.19 bits per heavy atom. The lowest BCUT2D eigenvalue weighted by atomic mass is 9.90. The van der Waals surface area contributed by atoms with Crippen molar-refractivity contribution in [2.75, 3.05) is 20.9 Å². The number of methoxy groups -OCH3 is 1. The van der Waals surface area contributed by atoms with Gasteiger partial charge in [0.25, 0.3) is 0 Å². The number of fused-ring (bicyclic) bond motifs is 1. The summed E-state index contributed by atoms with van der Waals surface area (Å²) in [6.07, 6.45) is 5.24. The molecule has 88 valence electrons. The molecule has 0 atom stereocenters. The molecule has 1 aromatic carbocycles. The van der Waals surface area contributed by atoms with Gasteiger partial charge in [-0.05, 0) is 49.4 Å². The SMILES string of the molecule is COCN(C)Cc1ccc2c(c1)CCCC2. The highest BCUT2D eigenvalue weighted by atomic mass is 16.5. The van der Waals surface area contributed by atoms with Gasteiger partial charge in [-0.15, -0.1) is 0 Å². The molecule has 0 N–H and O–H groups in total. The molecule has 0 aromatic heterocycles. The van der Waals surface area contributed by atoms with E-state index in [0.29, 0.717) is 6.73 Å². The fourth-order valence-corrected chi connectivity index (χ4v) is 2.46. The largest absolute Gasteiger partial charge is 0.369 e. The summed E-state index contributed by atoms with van der Waals surface area (Å²) in [5, 5.41) is 0. The van der Waals surface area contributed by atoms with Crippen LogP contribution in [0.1, 0.15) is 29.5 Å². The Balaban J connectivity index is 2.05. The minimum absolute atomic E-state index is 0.692. The van der Waals surface area contributed by atoms with Crippen LogP contribution in [-0.4, -0.2) is 25.8 Å². The number of hydrogen-bond donors (Lipinski definition) is 0. The third-order valence-electron chi connectivity index (χ3n) is 3.21. The molecular formula is C14H21NO. The highest BCUT2D eigenvalue weighted by Crippen LogP contribution is 2.22. The molecule has 1 aromatic rings. The quantitative estimate of drug-likeness (QED) is 0.722. The Morgan fingerprint density at radius 3 is 2.69 bits per heavy atom. The van der Waals surface area contributed by atoms with Crippen LogP contribution in [0.15, 0.2) is 18.2 Å². The van der Waals surface area contributed by atoms with Crippen molar-refractivity contribution in [2.24, 2.45) is 0 Å². The zero-order valence-electron chi connectivity index (χ0n) is 10.3. The van der Waals surface area contributed by atoms with E-state index in [1.807, 2.05) is 0 Å². The maximum absolute atomic E-state index is 5.11. The van der Waals surface area contributed by atoms with E-state index in [1.54, 1.807) is 18.2 Å². The average Bonchev–Trinajstić information content (AvgIpc) is 2.29. The first-order chi connectivity index (χ1) is 7.79. The highest BCUT2D eigenvalue weighted by Gasteiger charge is 2.09. The van der Waals surface area contributed by atoms with Crippen LogP contribution < -0.4 is 0 Å². The average molecular weight is 219 g/mol. The summed E-state index contributed by atoms with van der Waals surface area (Å²) in [5.74, 6) is 0. The number of benzene rings is 1. The molecule has 0 heterocycles. The van der Waals surface area contributed by atoms with Crippen molar-refractivity contribution in [3.8, 4) is 0 Å². The molecule has 0 fully saturated rings. The maximum Gasteiger partial charge on any atom is 0.0986 e. The van der Waals surface area contributed by atoms with Gasteiger partial charge in [0.1, 0.15) is 0 Å². The first kappa shape index (κ1) is 11.6. The number of hydrogen-bond acceptors (Lipinski definition) is 2. The Hall–Kier alpha value is -0.860. The number of aryl methyl sites for hydroxylation is 2. The van der Waals surface area contributed by atoms with Crippen LogP contribution in [0.3, 0.4) is 0 Å². The van der Waals surface area contributed by atoms with Gasteiger partial charge in [-0.3, -0.25) is 4.90 Å². The number of nitrogens with zero attached hydrogens (tertiary/aromatic N) is 1. The Labute approximate surface area is 98.2 Å². The van der Waals surface area contributed by atoms with Crippen molar-refractivity contribution >= 4 is 0 Å². The molecule has 2 heteroatoms. The van der Waals surface area contributed by atoms with Crippen LogP contribution in [0.25, 0.3) is 0 Å². The van der Waals surface area contributed by atoms with Gasteiger partial charge in [0.15, 0.2) is 0 Å². The molecule has 16 heavy (non-hydrogen) atoms. The highest BCUT2D eigenvalue weighted by molar-refractivity contribution is 5.33. The van der Waals surface area contributed by atoms with Gasteiger partial charge in [0, 0.05) is 13.7 Å². The van der Waals surface area contributed by atoms with Crippen molar-refractivity contribution in [1.82, 2.24) is 4.90 Å². The fourth-order valence-electron chi connectivity index (χ4n) is 2.46. The van der Waals surface area contributed by atoms with Crippen LogP contribution in [-0.2, 0) is 24.1 Å². The summed E-state index contributed by atoms with van der Waals surface area (Å²) >= 11 is 0. The lowest BCUT2D eigenvalue weighted by Crippen LogP contribution is -2.20. The molecule has 0 bridgehead atoms. The normalized spacial score (nSPS) is 15.2. The third-order valence-corrected chi connectivity index (χ3v) is 3.21. The lowest BCUT2D eigenvalue weighted by molar-refractivity contribution is 0.0771.